The van der Waals surface area contributed by atoms with Gasteiger partial charge in [-0.3, -0.25) is 4.79 Å². The first-order valence-corrected chi connectivity index (χ1v) is 10.5. The molecule has 0 radical (unpaired) electrons. The molecule has 0 aromatic heterocycles. The van der Waals surface area contributed by atoms with Crippen LogP contribution in [0.2, 0.25) is 0 Å². The first kappa shape index (κ1) is 18.6. The fraction of sp³-hybridized carbons (Fsp3) is 0.208. The number of carbonyl (C=O) groups is 1. The lowest BCUT2D eigenvalue weighted by molar-refractivity contribution is 0.0739. The molecule has 0 spiro atoms. The van der Waals surface area contributed by atoms with Gasteiger partial charge in [0.05, 0.1) is 5.56 Å². The molecule has 1 aliphatic heterocycles. The molecule has 0 unspecified atom stereocenters. The Kier molecular flexibility index (Phi) is 5.68. The van der Waals surface area contributed by atoms with Gasteiger partial charge in [0.1, 0.15) is 0 Å². The van der Waals surface area contributed by atoms with Crippen molar-refractivity contribution in [2.75, 3.05) is 18.4 Å². The van der Waals surface area contributed by atoms with Crippen LogP contribution in [0.15, 0.2) is 82.6 Å². The van der Waals surface area contributed by atoms with Crippen LogP contribution in [0.25, 0.3) is 0 Å². The third-order valence-corrected chi connectivity index (χ3v) is 6.21. The molecule has 0 saturated heterocycles. The molecule has 3 nitrogen and oxygen atoms in total. The van der Waals surface area contributed by atoms with Crippen molar-refractivity contribution >= 4 is 23.4 Å². The molecule has 0 fully saturated rings. The molecule has 4 rings (SSSR count). The van der Waals surface area contributed by atoms with Crippen molar-refractivity contribution in [1.82, 2.24) is 4.90 Å². The fourth-order valence-corrected chi connectivity index (χ4v) is 4.51. The molecule has 3 aromatic rings. The number of aryl methyl sites for hydroxylation is 1. The summed E-state index contributed by atoms with van der Waals surface area (Å²) in [6.07, 6.45) is 0.902. The number of para-hydroxylation sites is 1. The average Bonchev–Trinajstić information content (AvgIpc) is 2.74. The van der Waals surface area contributed by atoms with Gasteiger partial charge in [-0.2, -0.15) is 0 Å². The molecule has 1 heterocycles. The number of fused-ring (bicyclic) bond motifs is 2. The van der Waals surface area contributed by atoms with Crippen LogP contribution < -0.4 is 5.32 Å². The van der Waals surface area contributed by atoms with E-state index in [4.69, 9.17) is 0 Å². The summed E-state index contributed by atoms with van der Waals surface area (Å²) in [6.45, 7) is 4.30. The van der Waals surface area contributed by atoms with Gasteiger partial charge in [0.25, 0.3) is 5.91 Å². The average molecular weight is 389 g/mol. The first-order valence-electron chi connectivity index (χ1n) is 9.66. The minimum Gasteiger partial charge on any atom is -0.384 e. The minimum atomic E-state index is 0.103. The van der Waals surface area contributed by atoms with Gasteiger partial charge < -0.3 is 10.2 Å². The number of carbonyl (C=O) groups excluding carboxylic acids is 1. The SMILES string of the molecule is Cc1ccccc1CN1CCCNc2ccccc2Sc2ccccc2C1=O. The molecule has 28 heavy (non-hydrogen) atoms. The highest BCUT2D eigenvalue weighted by Gasteiger charge is 2.21. The van der Waals surface area contributed by atoms with Crippen LogP contribution in [0.4, 0.5) is 5.69 Å². The number of anilines is 1. The molecule has 0 bridgehead atoms. The number of amides is 1. The van der Waals surface area contributed by atoms with E-state index in [9.17, 15) is 4.79 Å². The Labute approximate surface area is 170 Å². The van der Waals surface area contributed by atoms with Crippen molar-refractivity contribution in [3.63, 3.8) is 0 Å². The zero-order valence-corrected chi connectivity index (χ0v) is 16.8. The van der Waals surface area contributed by atoms with E-state index in [0.717, 1.165) is 40.6 Å². The van der Waals surface area contributed by atoms with E-state index in [-0.39, 0.29) is 5.91 Å². The second-order valence-corrected chi connectivity index (χ2v) is 8.11. The summed E-state index contributed by atoms with van der Waals surface area (Å²) < 4.78 is 0. The van der Waals surface area contributed by atoms with E-state index in [0.29, 0.717) is 6.54 Å². The Morgan fingerprint density at radius 3 is 2.50 bits per heavy atom. The monoisotopic (exact) mass is 388 g/mol. The molecular weight excluding hydrogens is 364 g/mol. The summed E-state index contributed by atoms with van der Waals surface area (Å²) in [5.74, 6) is 0.103. The molecule has 0 aliphatic carbocycles. The van der Waals surface area contributed by atoms with Gasteiger partial charge in [-0.1, -0.05) is 60.3 Å². The topological polar surface area (TPSA) is 32.3 Å². The third-order valence-electron chi connectivity index (χ3n) is 5.05. The number of hydrogen-bond acceptors (Lipinski definition) is 3. The van der Waals surface area contributed by atoms with E-state index >= 15 is 0 Å². The van der Waals surface area contributed by atoms with Crippen molar-refractivity contribution in [2.24, 2.45) is 0 Å². The molecule has 142 valence electrons. The highest BCUT2D eigenvalue weighted by Crippen LogP contribution is 2.36. The zero-order chi connectivity index (χ0) is 19.3. The quantitative estimate of drug-likeness (QED) is 0.620. The zero-order valence-electron chi connectivity index (χ0n) is 16.0. The van der Waals surface area contributed by atoms with Gasteiger partial charge in [-0.05, 0) is 48.7 Å². The highest BCUT2D eigenvalue weighted by atomic mass is 32.2. The lowest BCUT2D eigenvalue weighted by atomic mass is 10.1. The predicted octanol–water partition coefficient (Wildman–Crippen LogP) is 5.60. The maximum atomic E-state index is 13.5. The highest BCUT2D eigenvalue weighted by molar-refractivity contribution is 7.99. The molecule has 1 aliphatic rings. The van der Waals surface area contributed by atoms with E-state index in [2.05, 4.69) is 36.5 Å². The Hall–Kier alpha value is -2.72. The predicted molar refractivity (Wildman–Crippen MR) is 116 cm³/mol. The molecule has 4 heteroatoms. The second-order valence-electron chi connectivity index (χ2n) is 7.03. The standard InChI is InChI=1S/C24H24N2OS/c1-18-9-2-3-10-19(18)17-26-16-8-15-25-21-12-5-7-14-23(21)28-22-13-6-4-11-20(22)24(26)27/h2-7,9-14,25H,8,15-17H2,1H3. The second kappa shape index (κ2) is 8.53. The summed E-state index contributed by atoms with van der Waals surface area (Å²) in [6, 6.07) is 24.6. The van der Waals surface area contributed by atoms with Gasteiger partial charge in [0.15, 0.2) is 0 Å². The summed E-state index contributed by atoms with van der Waals surface area (Å²) in [4.78, 5) is 17.6. The van der Waals surface area contributed by atoms with Gasteiger partial charge >= 0.3 is 0 Å². The van der Waals surface area contributed by atoms with Gasteiger partial charge in [0.2, 0.25) is 0 Å². The first-order chi connectivity index (χ1) is 13.7. The Morgan fingerprint density at radius 2 is 1.64 bits per heavy atom. The summed E-state index contributed by atoms with van der Waals surface area (Å²) in [5, 5.41) is 3.54. The number of nitrogens with zero attached hydrogens (tertiary/aromatic N) is 1. The summed E-state index contributed by atoms with van der Waals surface area (Å²) in [7, 11) is 0. The van der Waals surface area contributed by atoms with Crippen LogP contribution in [0.5, 0.6) is 0 Å². The normalized spacial score (nSPS) is 14.5. The van der Waals surface area contributed by atoms with Crippen LogP contribution in [0, 0.1) is 6.92 Å². The summed E-state index contributed by atoms with van der Waals surface area (Å²) in [5.41, 5.74) is 4.32. The Morgan fingerprint density at radius 1 is 0.929 bits per heavy atom. The minimum absolute atomic E-state index is 0.103. The van der Waals surface area contributed by atoms with Gasteiger partial charge in [-0.15, -0.1) is 0 Å². The lowest BCUT2D eigenvalue weighted by Gasteiger charge is -2.24. The fourth-order valence-electron chi connectivity index (χ4n) is 3.46. The molecular formula is C24H24N2OS. The van der Waals surface area contributed by atoms with E-state index < -0.39 is 0 Å². The summed E-state index contributed by atoms with van der Waals surface area (Å²) >= 11 is 1.65. The molecule has 0 saturated carbocycles. The molecule has 0 atom stereocenters. The van der Waals surface area contributed by atoms with Crippen molar-refractivity contribution in [3.8, 4) is 0 Å². The van der Waals surface area contributed by atoms with Crippen LogP contribution >= 0.6 is 11.8 Å². The van der Waals surface area contributed by atoms with Crippen LogP contribution in [-0.4, -0.2) is 23.9 Å². The van der Waals surface area contributed by atoms with Crippen LogP contribution in [0.3, 0.4) is 0 Å². The van der Waals surface area contributed by atoms with E-state index in [1.807, 2.05) is 53.4 Å². The molecule has 1 amide bonds. The van der Waals surface area contributed by atoms with Crippen LogP contribution in [0.1, 0.15) is 27.9 Å². The Bertz CT molecular complexity index is 986. The molecule has 1 N–H and O–H groups in total. The van der Waals surface area contributed by atoms with Crippen LogP contribution in [-0.2, 0) is 6.54 Å². The lowest BCUT2D eigenvalue weighted by Crippen LogP contribution is -2.33. The number of rotatable bonds is 2. The number of hydrogen-bond donors (Lipinski definition) is 1. The Balaban J connectivity index is 1.70. The maximum absolute atomic E-state index is 13.5. The van der Waals surface area contributed by atoms with Crippen molar-refractivity contribution in [1.29, 1.82) is 0 Å². The van der Waals surface area contributed by atoms with Gasteiger partial charge in [-0.25, -0.2) is 0 Å². The van der Waals surface area contributed by atoms with Crippen molar-refractivity contribution < 1.29 is 4.79 Å². The van der Waals surface area contributed by atoms with Gasteiger partial charge in [0, 0.05) is 35.1 Å². The van der Waals surface area contributed by atoms with E-state index in [1.165, 1.54) is 11.1 Å². The van der Waals surface area contributed by atoms with Crippen molar-refractivity contribution in [2.45, 2.75) is 29.7 Å². The maximum Gasteiger partial charge on any atom is 0.255 e. The van der Waals surface area contributed by atoms with E-state index in [1.54, 1.807) is 11.8 Å². The smallest absolute Gasteiger partial charge is 0.255 e. The number of nitrogens with one attached hydrogen (secondary N) is 1. The third kappa shape index (κ3) is 4.07. The van der Waals surface area contributed by atoms with Crippen molar-refractivity contribution in [3.05, 3.63) is 89.5 Å². The number of benzene rings is 3. The molecule has 3 aromatic carbocycles. The largest absolute Gasteiger partial charge is 0.384 e.